The lowest BCUT2D eigenvalue weighted by Gasteiger charge is -2.46. The molecule has 0 spiro atoms. The van der Waals surface area contributed by atoms with Gasteiger partial charge in [0.2, 0.25) is 0 Å². The van der Waals surface area contributed by atoms with Crippen LogP contribution in [0.3, 0.4) is 0 Å². The van der Waals surface area contributed by atoms with Gasteiger partial charge in [-0.1, -0.05) is 144 Å². The van der Waals surface area contributed by atoms with Gasteiger partial charge >= 0.3 is 49.4 Å². The minimum atomic E-state index is -6.13. The number of hydrogen-bond acceptors (Lipinski definition) is 1. The molecule has 82 heavy (non-hydrogen) atoms. The highest BCUT2D eigenvalue weighted by Crippen LogP contribution is 2.41. The summed E-state index contributed by atoms with van der Waals surface area (Å²) in [6.07, 6.45) is -33.8. The fourth-order valence-electron chi connectivity index (χ4n) is 9.42. The van der Waals surface area contributed by atoms with E-state index < -0.39 is 195 Å². The third-order valence-corrected chi connectivity index (χ3v) is 13.3. The molecule has 27 heteroatoms. The molecule has 0 aliphatic carbocycles. The third kappa shape index (κ3) is 17.6. The lowest BCUT2D eigenvalue weighted by atomic mass is 9.12. The van der Waals surface area contributed by atoms with Crippen molar-refractivity contribution < 1.29 is 110 Å². The van der Waals surface area contributed by atoms with E-state index in [9.17, 15) is 105 Å². The Morgan fingerprint density at radius 1 is 0.354 bits per heavy atom. The van der Waals surface area contributed by atoms with Crippen molar-refractivity contribution in [1.29, 1.82) is 0 Å². The van der Waals surface area contributed by atoms with Crippen molar-refractivity contribution in [1.82, 2.24) is 4.98 Å². The molecular formula is C55H47BF24N2. The molecular weight excluding hydrogens is 1160 g/mol. The molecule has 448 valence electrons. The Labute approximate surface area is 453 Å². The number of benzene rings is 5. The predicted octanol–water partition coefficient (Wildman–Crippen LogP) is 17.1. The standard InChI is InChI=1S/C32H12BF24.C23H35N2/c34-25(35,36)13-1-14(26(37,38)39)6-21(5-13)33(22-7-15(27(40,41)42)2-16(8-22)28(43,44)45,23-9-17(29(46,47)48)3-18(10-23)30(49,50)51)24-11-19(31(52,53)54)4-20(12-24)32(55,56)57;1-2-3-4-5-6-7-8-9-10-14-17-23-20-24-18-19-25(23)21-22-15-12-11-13-16-22/h1-12H;11-13,15-16,18-20H,2-10,14,17,21H2,1H3/q-1;+1. The molecule has 0 bridgehead atoms. The fourth-order valence-corrected chi connectivity index (χ4v) is 9.42. The van der Waals surface area contributed by atoms with Crippen molar-refractivity contribution in [3.8, 4) is 0 Å². The maximum atomic E-state index is 14.2. The third-order valence-electron chi connectivity index (χ3n) is 13.3. The summed E-state index contributed by atoms with van der Waals surface area (Å²) in [5.74, 6) is 0. The van der Waals surface area contributed by atoms with Gasteiger partial charge in [-0.3, -0.25) is 4.98 Å². The Bertz CT molecular complexity index is 2620. The van der Waals surface area contributed by atoms with Gasteiger partial charge in [-0.2, -0.15) is 132 Å². The molecule has 1 heterocycles. The number of aromatic nitrogens is 2. The Balaban J connectivity index is 0.000000409. The zero-order valence-corrected chi connectivity index (χ0v) is 42.6. The summed E-state index contributed by atoms with van der Waals surface area (Å²) < 4.78 is 343. The van der Waals surface area contributed by atoms with Crippen LogP contribution in [0.5, 0.6) is 0 Å². The van der Waals surface area contributed by atoms with Crippen LogP contribution in [0.25, 0.3) is 0 Å². The summed E-state index contributed by atoms with van der Waals surface area (Å²) >= 11 is 0. The zero-order chi connectivity index (χ0) is 61.5. The van der Waals surface area contributed by atoms with Gasteiger partial charge in [0.25, 0.3) is 0 Å². The Morgan fingerprint density at radius 3 is 0.890 bits per heavy atom. The molecule has 5 aromatic carbocycles. The van der Waals surface area contributed by atoms with Crippen LogP contribution in [0.15, 0.2) is 122 Å². The van der Waals surface area contributed by atoms with Crippen LogP contribution in [0.4, 0.5) is 105 Å². The maximum absolute atomic E-state index is 14.2. The highest BCUT2D eigenvalue weighted by molar-refractivity contribution is 7.20. The molecule has 0 amide bonds. The average molecular weight is 1200 g/mol. The summed E-state index contributed by atoms with van der Waals surface area (Å²) in [6.45, 7) is 3.22. The van der Waals surface area contributed by atoms with Crippen molar-refractivity contribution in [2.45, 2.75) is 134 Å². The van der Waals surface area contributed by atoms with E-state index in [-0.39, 0.29) is 0 Å². The highest BCUT2D eigenvalue weighted by Gasteiger charge is 2.47. The second-order valence-corrected chi connectivity index (χ2v) is 19.3. The molecule has 6 rings (SSSR count). The Hall–Kier alpha value is -6.44. The number of halogens is 24. The fraction of sp³-hybridized carbons (Fsp3) is 0.382. The topological polar surface area (TPSA) is 16.8 Å². The maximum Gasteiger partial charge on any atom is 0.416 e. The van der Waals surface area contributed by atoms with Gasteiger partial charge in [0.15, 0.2) is 18.4 Å². The Morgan fingerprint density at radius 2 is 0.622 bits per heavy atom. The van der Waals surface area contributed by atoms with Gasteiger partial charge in [0.1, 0.15) is 6.15 Å². The van der Waals surface area contributed by atoms with Crippen molar-refractivity contribution in [2.75, 3.05) is 0 Å². The molecule has 1 aromatic heterocycles. The van der Waals surface area contributed by atoms with Crippen LogP contribution in [0.1, 0.15) is 127 Å². The first-order valence-electron chi connectivity index (χ1n) is 24.9. The van der Waals surface area contributed by atoms with E-state index in [0.717, 1.165) is 13.0 Å². The molecule has 0 atom stereocenters. The van der Waals surface area contributed by atoms with Gasteiger partial charge in [-0.25, -0.2) is 0 Å². The molecule has 0 aliphatic rings. The van der Waals surface area contributed by atoms with Gasteiger partial charge in [0.05, 0.1) is 56.9 Å². The van der Waals surface area contributed by atoms with E-state index in [0.29, 0.717) is 0 Å². The summed E-state index contributed by atoms with van der Waals surface area (Å²) in [7, 11) is 0. The molecule has 6 aromatic rings. The first-order valence-corrected chi connectivity index (χ1v) is 24.9. The van der Waals surface area contributed by atoms with Crippen LogP contribution >= 0.6 is 0 Å². The molecule has 0 N–H and O–H groups in total. The normalized spacial score (nSPS) is 13.3. The average Bonchev–Trinajstić information content (AvgIpc) is 2.67. The molecule has 0 saturated carbocycles. The van der Waals surface area contributed by atoms with Crippen molar-refractivity contribution in [2.24, 2.45) is 0 Å². The molecule has 2 nitrogen and oxygen atoms in total. The van der Waals surface area contributed by atoms with Gasteiger partial charge in [-0.15, -0.1) is 0 Å². The highest BCUT2D eigenvalue weighted by atomic mass is 19.4. The first-order chi connectivity index (χ1) is 37.7. The molecule has 0 saturated heterocycles. The van der Waals surface area contributed by atoms with Crippen LogP contribution < -0.4 is 26.4 Å². The lowest BCUT2D eigenvalue weighted by Crippen LogP contribution is -2.75. The van der Waals surface area contributed by atoms with Gasteiger partial charge in [0, 0.05) is 12.0 Å². The number of unbranched alkanes of at least 4 members (excludes halogenated alkanes) is 9. The van der Waals surface area contributed by atoms with Crippen molar-refractivity contribution >= 4 is 28.0 Å². The monoisotopic (exact) mass is 1200 g/mol. The van der Waals surface area contributed by atoms with Crippen molar-refractivity contribution in [3.05, 3.63) is 177 Å². The Kier molecular flexibility index (Phi) is 20.7. The summed E-state index contributed by atoms with van der Waals surface area (Å²) in [5.41, 5.74) is -27.5. The summed E-state index contributed by atoms with van der Waals surface area (Å²) in [5, 5.41) is 0. The molecule has 0 radical (unpaired) electrons. The molecule has 0 unspecified atom stereocenters. The van der Waals surface area contributed by atoms with Crippen LogP contribution in [0, 0.1) is 0 Å². The van der Waals surface area contributed by atoms with E-state index in [1.54, 1.807) is 0 Å². The van der Waals surface area contributed by atoms with E-state index in [2.05, 4.69) is 53.0 Å². The summed E-state index contributed by atoms with van der Waals surface area (Å²) in [6, 6.07) is 1.87. The van der Waals surface area contributed by atoms with Gasteiger partial charge < -0.3 is 0 Å². The number of rotatable bonds is 17. The SMILES string of the molecule is CCCCCCCCCCCCc1cncc[n+]1Cc1ccccc1.FC(F)(F)c1cc([B-](c2cc(C(F)(F)F)cc(C(F)(F)F)c2)(c2cc(C(F)(F)F)cc(C(F)(F)F)c2)c2cc(C(F)(F)F)cc(C(F)(F)F)c2)cc(C(F)(F)F)c1. The minimum Gasteiger partial charge on any atom is -0.252 e. The van der Waals surface area contributed by atoms with E-state index in [4.69, 9.17) is 0 Å². The molecule has 0 aliphatic heterocycles. The lowest BCUT2D eigenvalue weighted by molar-refractivity contribution is -0.696. The smallest absolute Gasteiger partial charge is 0.252 e. The second-order valence-electron chi connectivity index (χ2n) is 19.3. The quantitative estimate of drug-likeness (QED) is 0.0385. The minimum absolute atomic E-state index is 0.691. The largest absolute Gasteiger partial charge is 0.416 e. The van der Waals surface area contributed by atoms with Crippen LogP contribution in [0.2, 0.25) is 0 Å². The van der Waals surface area contributed by atoms with Crippen LogP contribution in [-0.2, 0) is 62.4 Å². The zero-order valence-electron chi connectivity index (χ0n) is 42.6. The number of nitrogens with zero attached hydrogens (tertiary/aromatic N) is 2. The first kappa shape index (κ1) is 66.4. The van der Waals surface area contributed by atoms with E-state index in [1.165, 1.54) is 75.5 Å². The van der Waals surface area contributed by atoms with Gasteiger partial charge in [-0.05, 0) is 30.7 Å². The van der Waals surface area contributed by atoms with E-state index >= 15 is 0 Å². The number of aryl methyl sites for hydroxylation is 1. The predicted molar refractivity (Wildman–Crippen MR) is 256 cm³/mol. The van der Waals surface area contributed by atoms with Crippen LogP contribution in [-0.4, -0.2) is 11.1 Å². The number of hydrogen-bond donors (Lipinski definition) is 0. The second kappa shape index (κ2) is 25.6. The molecule has 0 fully saturated rings. The van der Waals surface area contributed by atoms with E-state index in [1.807, 2.05) is 12.4 Å². The van der Waals surface area contributed by atoms with Crippen molar-refractivity contribution in [3.63, 3.8) is 0 Å². The summed E-state index contributed by atoms with van der Waals surface area (Å²) in [4.78, 5) is 4.33. The number of alkyl halides is 24.